The molecule has 1 amide bonds. The molecule has 0 unspecified atom stereocenters. The van der Waals surface area contributed by atoms with E-state index in [1.807, 2.05) is 6.92 Å². The Labute approximate surface area is 94.7 Å². The van der Waals surface area contributed by atoms with Crippen LogP contribution in [0.1, 0.15) is 36.7 Å². The van der Waals surface area contributed by atoms with Crippen LogP contribution < -0.4 is 10.6 Å². The van der Waals surface area contributed by atoms with Crippen molar-refractivity contribution in [2.24, 2.45) is 0 Å². The lowest BCUT2D eigenvalue weighted by molar-refractivity contribution is 0.0911. The van der Waals surface area contributed by atoms with E-state index >= 15 is 0 Å². The summed E-state index contributed by atoms with van der Waals surface area (Å²) in [6.45, 7) is 2.78. The van der Waals surface area contributed by atoms with Crippen molar-refractivity contribution < 1.29 is 4.79 Å². The van der Waals surface area contributed by atoms with Gasteiger partial charge in [0.05, 0.1) is 12.4 Å². The van der Waals surface area contributed by atoms with E-state index in [-0.39, 0.29) is 5.91 Å². The largest absolute Gasteiger partial charge is 0.369 e. The summed E-state index contributed by atoms with van der Waals surface area (Å²) in [7, 11) is 0. The number of carbonyl (C=O) groups is 1. The first-order chi connectivity index (χ1) is 7.79. The number of hydrogen-bond donors (Lipinski definition) is 2. The van der Waals surface area contributed by atoms with E-state index in [1.54, 1.807) is 6.20 Å². The smallest absolute Gasteiger partial charge is 0.271 e. The van der Waals surface area contributed by atoms with Crippen LogP contribution in [0.25, 0.3) is 0 Å². The fraction of sp³-hybridized carbons (Fsp3) is 0.545. The summed E-state index contributed by atoms with van der Waals surface area (Å²) in [5.74, 6) is 0.572. The van der Waals surface area contributed by atoms with Gasteiger partial charge in [-0.05, 0) is 26.2 Å². The van der Waals surface area contributed by atoms with Gasteiger partial charge in [-0.15, -0.1) is 0 Å². The van der Waals surface area contributed by atoms with Crippen molar-refractivity contribution in [3.05, 3.63) is 18.1 Å². The van der Waals surface area contributed by atoms with Crippen molar-refractivity contribution in [1.82, 2.24) is 15.3 Å². The first-order valence-corrected chi connectivity index (χ1v) is 5.66. The van der Waals surface area contributed by atoms with Gasteiger partial charge < -0.3 is 10.6 Å². The van der Waals surface area contributed by atoms with Crippen LogP contribution in [0.4, 0.5) is 5.82 Å². The molecule has 1 saturated carbocycles. The molecule has 0 bridgehead atoms. The maximum Gasteiger partial charge on any atom is 0.271 e. The van der Waals surface area contributed by atoms with Gasteiger partial charge in [0, 0.05) is 12.6 Å². The van der Waals surface area contributed by atoms with Crippen molar-refractivity contribution in [3.8, 4) is 0 Å². The highest BCUT2D eigenvalue weighted by Crippen LogP contribution is 2.18. The molecule has 0 spiro atoms. The SMILES string of the molecule is CCNc1cnc(C(=O)NC2CCC2)cn1. The topological polar surface area (TPSA) is 66.9 Å². The van der Waals surface area contributed by atoms with E-state index in [0.29, 0.717) is 17.6 Å². The third kappa shape index (κ3) is 2.48. The number of anilines is 1. The normalized spacial score (nSPS) is 15.3. The Kier molecular flexibility index (Phi) is 3.34. The number of aromatic nitrogens is 2. The lowest BCUT2D eigenvalue weighted by Gasteiger charge is -2.26. The predicted molar refractivity (Wildman–Crippen MR) is 61.3 cm³/mol. The van der Waals surface area contributed by atoms with Crippen LogP contribution in [0.5, 0.6) is 0 Å². The quantitative estimate of drug-likeness (QED) is 0.800. The van der Waals surface area contributed by atoms with Gasteiger partial charge in [0.25, 0.3) is 5.91 Å². The van der Waals surface area contributed by atoms with E-state index < -0.39 is 0 Å². The number of nitrogens with zero attached hydrogens (tertiary/aromatic N) is 2. The maximum atomic E-state index is 11.7. The zero-order valence-electron chi connectivity index (χ0n) is 9.36. The maximum absolute atomic E-state index is 11.7. The number of carbonyl (C=O) groups excluding carboxylic acids is 1. The Hall–Kier alpha value is -1.65. The molecule has 0 radical (unpaired) electrons. The molecule has 5 heteroatoms. The van der Waals surface area contributed by atoms with Crippen molar-refractivity contribution in [2.45, 2.75) is 32.2 Å². The molecule has 1 heterocycles. The molecule has 1 fully saturated rings. The van der Waals surface area contributed by atoms with Crippen LogP contribution in [-0.2, 0) is 0 Å². The van der Waals surface area contributed by atoms with Gasteiger partial charge in [-0.3, -0.25) is 4.79 Å². The van der Waals surface area contributed by atoms with Crippen LogP contribution in [0.15, 0.2) is 12.4 Å². The third-order valence-electron chi connectivity index (χ3n) is 2.68. The standard InChI is InChI=1S/C11H16N4O/c1-2-12-10-7-13-9(6-14-10)11(16)15-8-4-3-5-8/h6-8H,2-5H2,1H3,(H,12,14)(H,15,16). The second kappa shape index (κ2) is 4.92. The van der Waals surface area contributed by atoms with Crippen LogP contribution in [0.3, 0.4) is 0 Å². The first-order valence-electron chi connectivity index (χ1n) is 5.66. The zero-order chi connectivity index (χ0) is 11.4. The highest BCUT2D eigenvalue weighted by atomic mass is 16.1. The Bertz CT molecular complexity index is 359. The van der Waals surface area contributed by atoms with Crippen molar-refractivity contribution in [3.63, 3.8) is 0 Å². The van der Waals surface area contributed by atoms with Gasteiger partial charge in [-0.2, -0.15) is 0 Å². The van der Waals surface area contributed by atoms with Crippen molar-refractivity contribution >= 4 is 11.7 Å². The lowest BCUT2D eigenvalue weighted by Crippen LogP contribution is -2.39. The Morgan fingerprint density at radius 1 is 1.44 bits per heavy atom. The van der Waals surface area contributed by atoms with Crippen molar-refractivity contribution in [2.75, 3.05) is 11.9 Å². The molecule has 0 saturated heterocycles. The van der Waals surface area contributed by atoms with Crippen LogP contribution in [0.2, 0.25) is 0 Å². The minimum absolute atomic E-state index is 0.125. The highest BCUT2D eigenvalue weighted by Gasteiger charge is 2.20. The summed E-state index contributed by atoms with van der Waals surface area (Å²) in [5, 5.41) is 5.95. The van der Waals surface area contributed by atoms with Crippen molar-refractivity contribution in [1.29, 1.82) is 0 Å². The average Bonchev–Trinajstić information content (AvgIpc) is 2.25. The monoisotopic (exact) mass is 220 g/mol. The second-order valence-electron chi connectivity index (χ2n) is 3.92. The molecule has 1 aromatic rings. The predicted octanol–water partition coefficient (Wildman–Crippen LogP) is 1.19. The van der Waals surface area contributed by atoms with Gasteiger partial charge in [0.2, 0.25) is 0 Å². The second-order valence-corrected chi connectivity index (χ2v) is 3.92. The van der Waals surface area contributed by atoms with Gasteiger partial charge in [-0.1, -0.05) is 0 Å². The molecule has 0 aromatic carbocycles. The van der Waals surface area contributed by atoms with E-state index in [0.717, 1.165) is 19.4 Å². The van der Waals surface area contributed by atoms with Gasteiger partial charge >= 0.3 is 0 Å². The summed E-state index contributed by atoms with van der Waals surface area (Å²) < 4.78 is 0. The van der Waals surface area contributed by atoms with Gasteiger partial charge in [0.15, 0.2) is 0 Å². The molecule has 2 rings (SSSR count). The molecule has 5 nitrogen and oxygen atoms in total. The molecule has 1 aromatic heterocycles. The molecular weight excluding hydrogens is 204 g/mol. The van der Waals surface area contributed by atoms with E-state index in [4.69, 9.17) is 0 Å². The summed E-state index contributed by atoms with van der Waals surface area (Å²) in [5.41, 5.74) is 0.383. The lowest BCUT2D eigenvalue weighted by atomic mass is 9.93. The molecule has 2 N–H and O–H groups in total. The van der Waals surface area contributed by atoms with Crippen LogP contribution >= 0.6 is 0 Å². The number of rotatable bonds is 4. The average molecular weight is 220 g/mol. The number of amides is 1. The minimum Gasteiger partial charge on any atom is -0.369 e. The third-order valence-corrected chi connectivity index (χ3v) is 2.68. The minimum atomic E-state index is -0.125. The van der Waals surface area contributed by atoms with Gasteiger partial charge in [0.1, 0.15) is 11.5 Å². The highest BCUT2D eigenvalue weighted by molar-refractivity contribution is 5.92. The summed E-state index contributed by atoms with van der Waals surface area (Å²) in [4.78, 5) is 19.9. The Morgan fingerprint density at radius 2 is 2.25 bits per heavy atom. The fourth-order valence-corrected chi connectivity index (χ4v) is 1.53. The zero-order valence-corrected chi connectivity index (χ0v) is 9.36. The first kappa shape index (κ1) is 10.9. The summed E-state index contributed by atoms with van der Waals surface area (Å²) in [6.07, 6.45) is 6.45. The molecule has 1 aliphatic carbocycles. The Morgan fingerprint density at radius 3 is 2.75 bits per heavy atom. The molecular formula is C11H16N4O. The number of hydrogen-bond acceptors (Lipinski definition) is 4. The van der Waals surface area contributed by atoms with Crippen LogP contribution in [-0.4, -0.2) is 28.5 Å². The molecule has 86 valence electrons. The molecule has 1 aliphatic rings. The fourth-order valence-electron chi connectivity index (χ4n) is 1.53. The van der Waals surface area contributed by atoms with E-state index in [2.05, 4.69) is 20.6 Å². The van der Waals surface area contributed by atoms with Crippen LogP contribution in [0, 0.1) is 0 Å². The molecule has 0 aliphatic heterocycles. The number of nitrogens with one attached hydrogen (secondary N) is 2. The van der Waals surface area contributed by atoms with E-state index in [1.165, 1.54) is 12.6 Å². The van der Waals surface area contributed by atoms with E-state index in [9.17, 15) is 4.79 Å². The molecule has 0 atom stereocenters. The Balaban J connectivity index is 1.94. The summed E-state index contributed by atoms with van der Waals surface area (Å²) >= 11 is 0. The van der Waals surface area contributed by atoms with Gasteiger partial charge in [-0.25, -0.2) is 9.97 Å². The summed E-state index contributed by atoms with van der Waals surface area (Å²) in [6, 6.07) is 0.336. The molecule has 16 heavy (non-hydrogen) atoms.